The molecule has 7 nitrogen and oxygen atoms in total. The van der Waals surface area contributed by atoms with E-state index in [2.05, 4.69) is 47.9 Å². The van der Waals surface area contributed by atoms with Gasteiger partial charge in [0.05, 0.1) is 11.8 Å². The summed E-state index contributed by atoms with van der Waals surface area (Å²) in [6, 6.07) is 13.9. The summed E-state index contributed by atoms with van der Waals surface area (Å²) in [5.41, 5.74) is 1.00. The van der Waals surface area contributed by atoms with E-state index in [9.17, 15) is 9.59 Å². The lowest BCUT2D eigenvalue weighted by molar-refractivity contribution is -0.118. The Labute approximate surface area is 208 Å². The van der Waals surface area contributed by atoms with Crippen LogP contribution in [-0.4, -0.2) is 53.8 Å². The number of hydrogen-bond acceptors (Lipinski definition) is 7. The largest absolute Gasteiger partial charge is 0.492 e. The summed E-state index contributed by atoms with van der Waals surface area (Å²) in [4.78, 5) is 33.1. The van der Waals surface area contributed by atoms with Gasteiger partial charge in [-0.3, -0.25) is 14.9 Å². The van der Waals surface area contributed by atoms with Gasteiger partial charge < -0.3 is 14.6 Å². The van der Waals surface area contributed by atoms with Crippen molar-refractivity contribution in [3.05, 3.63) is 54.2 Å². The van der Waals surface area contributed by atoms with Gasteiger partial charge in [0.15, 0.2) is 0 Å². The molecule has 1 aromatic heterocycles. The smallest absolute Gasteiger partial charge is 0.286 e. The predicted molar refractivity (Wildman–Crippen MR) is 143 cm³/mol. The van der Waals surface area contributed by atoms with E-state index in [0.29, 0.717) is 19.1 Å². The molecule has 34 heavy (non-hydrogen) atoms. The Balaban J connectivity index is 0.000000732. The maximum atomic E-state index is 11.6. The molecule has 1 aliphatic heterocycles. The topological polar surface area (TPSA) is 83.9 Å². The monoisotopic (exact) mass is 486 g/mol. The quantitative estimate of drug-likeness (QED) is 0.504. The molecule has 2 amide bonds. The van der Waals surface area contributed by atoms with Gasteiger partial charge in [0.2, 0.25) is 5.91 Å². The highest BCUT2D eigenvalue weighted by atomic mass is 32.2. The predicted octanol–water partition coefficient (Wildman–Crippen LogP) is 5.39. The van der Waals surface area contributed by atoms with Crippen molar-refractivity contribution in [1.29, 1.82) is 0 Å². The Kier molecular flexibility index (Phi) is 14.3. The van der Waals surface area contributed by atoms with Crippen molar-refractivity contribution in [1.82, 2.24) is 10.3 Å². The van der Waals surface area contributed by atoms with Crippen LogP contribution >= 0.6 is 11.8 Å². The number of benzene rings is 1. The third-order valence-corrected chi connectivity index (χ3v) is 5.52. The molecule has 8 heteroatoms. The van der Waals surface area contributed by atoms with Crippen molar-refractivity contribution in [3.63, 3.8) is 0 Å². The van der Waals surface area contributed by atoms with Crippen molar-refractivity contribution < 1.29 is 14.3 Å². The fraction of sp³-hybridized carbons (Fsp3) is 0.462. The zero-order chi connectivity index (χ0) is 25.3. The summed E-state index contributed by atoms with van der Waals surface area (Å²) in [7, 11) is 1.75. The second-order valence-electron chi connectivity index (χ2n) is 7.78. The van der Waals surface area contributed by atoms with Gasteiger partial charge in [0, 0.05) is 19.3 Å². The molecular formula is C26H38N4O3S. The Hall–Kier alpha value is -2.87. The highest BCUT2D eigenvalue weighted by molar-refractivity contribution is 8.15. The first-order valence-corrected chi connectivity index (χ1v) is 12.5. The van der Waals surface area contributed by atoms with Crippen LogP contribution in [0.25, 0.3) is 0 Å². The first-order valence-electron chi connectivity index (χ1n) is 11.6. The minimum Gasteiger partial charge on any atom is -0.492 e. The molecule has 0 bridgehead atoms. The number of aliphatic imine (C=N–C) groups is 1. The van der Waals surface area contributed by atoms with Crippen LogP contribution in [0.5, 0.6) is 5.75 Å². The van der Waals surface area contributed by atoms with E-state index < -0.39 is 0 Å². The van der Waals surface area contributed by atoms with Crippen molar-refractivity contribution in [2.75, 3.05) is 25.1 Å². The summed E-state index contributed by atoms with van der Waals surface area (Å²) < 4.78 is 5.86. The van der Waals surface area contributed by atoms with E-state index in [4.69, 9.17) is 4.74 Å². The number of ether oxygens (including phenoxy) is 1. The molecule has 0 radical (unpaired) electrons. The van der Waals surface area contributed by atoms with Crippen LogP contribution < -0.4 is 15.0 Å². The van der Waals surface area contributed by atoms with Crippen molar-refractivity contribution in [2.45, 2.75) is 58.8 Å². The number of imide groups is 1. The molecule has 3 rings (SSSR count). The first-order chi connectivity index (χ1) is 16.4. The van der Waals surface area contributed by atoms with Crippen LogP contribution in [0.3, 0.4) is 0 Å². The Bertz CT molecular complexity index is 869. The normalized spacial score (nSPS) is 14.7. The molecule has 186 valence electrons. The zero-order valence-electron chi connectivity index (χ0n) is 21.2. The fourth-order valence-corrected chi connectivity index (χ4v) is 3.75. The van der Waals surface area contributed by atoms with Crippen LogP contribution in [0.15, 0.2) is 53.7 Å². The summed E-state index contributed by atoms with van der Waals surface area (Å²) >= 11 is 1.05. The zero-order valence-corrected chi connectivity index (χ0v) is 22.0. The van der Waals surface area contributed by atoms with E-state index in [1.807, 2.05) is 49.4 Å². The number of nitrogens with zero attached hydrogens (tertiary/aromatic N) is 3. The standard InChI is InChI=1S/C20H23N3O3S.C3H7N.C3H8/c1-14(2)23(18-5-3-4-10-21-18)11-12-26-16-8-6-15(7-9-16)13-17-19(24)22-20(25)27-17;1-3-4-2;1-3-2/h3-10,14,17H,11-13H2,1-2H3,(H,22,24,25);3H,1-2H3;3H2,1-2H3. The minimum atomic E-state index is -0.345. The lowest BCUT2D eigenvalue weighted by Gasteiger charge is -2.27. The average Bonchev–Trinajstić information content (AvgIpc) is 3.15. The second kappa shape index (κ2) is 16.7. The third kappa shape index (κ3) is 10.8. The third-order valence-electron chi connectivity index (χ3n) is 4.54. The number of amides is 2. The maximum Gasteiger partial charge on any atom is 0.286 e. The number of pyridine rings is 1. The van der Waals surface area contributed by atoms with Crippen LogP contribution in [0, 0.1) is 0 Å². The molecule has 1 N–H and O–H groups in total. The minimum absolute atomic E-state index is 0.214. The summed E-state index contributed by atoms with van der Waals surface area (Å²) in [5.74, 6) is 1.50. The Morgan fingerprint density at radius 3 is 2.29 bits per heavy atom. The van der Waals surface area contributed by atoms with E-state index >= 15 is 0 Å². The summed E-state index contributed by atoms with van der Waals surface area (Å²) in [6.45, 7) is 11.7. The fourth-order valence-electron chi connectivity index (χ4n) is 2.89. The lowest BCUT2D eigenvalue weighted by Crippen LogP contribution is -2.35. The van der Waals surface area contributed by atoms with Crippen molar-refractivity contribution >= 4 is 34.9 Å². The average molecular weight is 487 g/mol. The molecule has 0 saturated carbocycles. The SMILES string of the molecule is CC(C)N(CCOc1ccc(CC2SC(=O)NC2=O)cc1)c1ccccn1.CC=NC.CCC. The maximum absolute atomic E-state index is 11.6. The van der Waals surface area contributed by atoms with Gasteiger partial charge in [0.25, 0.3) is 5.24 Å². The second-order valence-corrected chi connectivity index (χ2v) is 8.95. The molecule has 2 heterocycles. The number of anilines is 1. The Morgan fingerprint density at radius 1 is 1.18 bits per heavy atom. The molecule has 1 aromatic carbocycles. The number of nitrogens with one attached hydrogen (secondary N) is 1. The number of carbonyl (C=O) groups is 2. The molecule has 1 aliphatic rings. The van der Waals surface area contributed by atoms with Gasteiger partial charge in [-0.05, 0) is 63.2 Å². The van der Waals surface area contributed by atoms with Crippen LogP contribution in [0.1, 0.15) is 46.6 Å². The van der Waals surface area contributed by atoms with Gasteiger partial charge >= 0.3 is 0 Å². The van der Waals surface area contributed by atoms with Gasteiger partial charge in [-0.1, -0.05) is 50.2 Å². The van der Waals surface area contributed by atoms with Gasteiger partial charge in [-0.2, -0.15) is 0 Å². The number of thioether (sulfide) groups is 1. The van der Waals surface area contributed by atoms with Crippen LogP contribution in [-0.2, 0) is 11.2 Å². The lowest BCUT2D eigenvalue weighted by atomic mass is 10.1. The van der Waals surface area contributed by atoms with Crippen molar-refractivity contribution in [2.24, 2.45) is 4.99 Å². The van der Waals surface area contributed by atoms with Gasteiger partial charge in [-0.25, -0.2) is 4.98 Å². The number of carbonyl (C=O) groups excluding carboxylic acids is 2. The molecule has 1 atom stereocenters. The first kappa shape index (κ1) is 29.2. The molecule has 2 aromatic rings. The molecule has 0 aliphatic carbocycles. The molecule has 1 saturated heterocycles. The summed E-state index contributed by atoms with van der Waals surface area (Å²) in [5, 5.41) is 1.69. The summed E-state index contributed by atoms with van der Waals surface area (Å²) in [6.07, 6.45) is 5.32. The van der Waals surface area contributed by atoms with Crippen LogP contribution in [0.2, 0.25) is 0 Å². The van der Waals surface area contributed by atoms with Crippen molar-refractivity contribution in [3.8, 4) is 5.75 Å². The van der Waals surface area contributed by atoms with Gasteiger partial charge in [-0.15, -0.1) is 0 Å². The van der Waals surface area contributed by atoms with E-state index in [0.717, 1.165) is 35.4 Å². The highest BCUT2D eigenvalue weighted by Gasteiger charge is 2.31. The Morgan fingerprint density at radius 2 is 1.82 bits per heavy atom. The molecule has 1 fully saturated rings. The van der Waals surface area contributed by atoms with E-state index in [1.165, 1.54) is 6.42 Å². The number of rotatable bonds is 8. The van der Waals surface area contributed by atoms with E-state index in [1.54, 1.807) is 19.5 Å². The highest BCUT2D eigenvalue weighted by Crippen LogP contribution is 2.24. The molecule has 1 unspecified atom stereocenters. The van der Waals surface area contributed by atoms with Crippen LogP contribution in [0.4, 0.5) is 10.6 Å². The molecule has 0 spiro atoms. The number of hydrogen-bond donors (Lipinski definition) is 1. The van der Waals surface area contributed by atoms with Gasteiger partial charge in [0.1, 0.15) is 18.2 Å². The molecular weight excluding hydrogens is 448 g/mol. The van der Waals surface area contributed by atoms with E-state index in [-0.39, 0.29) is 16.4 Å². The number of aromatic nitrogens is 1.